The molecule has 0 saturated heterocycles. The van der Waals surface area contributed by atoms with Crippen molar-refractivity contribution >= 4 is 51.4 Å². The van der Waals surface area contributed by atoms with E-state index in [-0.39, 0.29) is 17.1 Å². The molecule has 0 radical (unpaired) electrons. The van der Waals surface area contributed by atoms with Crippen molar-refractivity contribution in [1.29, 1.82) is 0 Å². The van der Waals surface area contributed by atoms with E-state index in [1.807, 2.05) is 134 Å². The van der Waals surface area contributed by atoms with Crippen molar-refractivity contribution in [2.45, 2.75) is 17.1 Å². The molecular weight excluding hydrogens is 476 g/mol. The summed E-state index contributed by atoms with van der Waals surface area (Å²) in [5.41, 5.74) is 2.93. The summed E-state index contributed by atoms with van der Waals surface area (Å²) in [6.07, 6.45) is 0. The normalized spacial score (nSPS) is 11.6. The molecule has 0 bridgehead atoms. The van der Waals surface area contributed by atoms with Crippen molar-refractivity contribution in [3.63, 3.8) is 0 Å². The minimum absolute atomic E-state index is 0.0204. The number of para-hydroxylation sites is 2. The topological polar surface area (TPSA) is 49.4 Å². The summed E-state index contributed by atoms with van der Waals surface area (Å²) in [4.78, 5) is 29.2. The standard InChI is InChI=1S/C32H26N2O2S/c1-23(32(36)34(28-14-4-2-5-15-28)29-16-6-3-7-17-29)37-30-18-10-13-27(22-30)33-31(35)26-20-19-24-11-8-9-12-25(24)21-26/h2-23H,1H3,(H,33,35). The van der Waals surface area contributed by atoms with Crippen LogP contribution < -0.4 is 10.2 Å². The second-order valence-corrected chi connectivity index (χ2v) is 10.1. The van der Waals surface area contributed by atoms with Crippen LogP contribution in [0.1, 0.15) is 17.3 Å². The molecule has 2 amide bonds. The van der Waals surface area contributed by atoms with Crippen LogP contribution in [0.5, 0.6) is 0 Å². The van der Waals surface area contributed by atoms with Gasteiger partial charge in [0.05, 0.1) is 5.25 Å². The quantitative estimate of drug-likeness (QED) is 0.230. The zero-order chi connectivity index (χ0) is 25.6. The van der Waals surface area contributed by atoms with E-state index in [1.54, 1.807) is 4.90 Å². The van der Waals surface area contributed by atoms with Crippen molar-refractivity contribution in [1.82, 2.24) is 0 Å². The molecule has 0 spiro atoms. The summed E-state index contributed by atoms with van der Waals surface area (Å²) in [7, 11) is 0. The number of fused-ring (bicyclic) bond motifs is 1. The number of benzene rings is 5. The Bertz CT molecular complexity index is 1500. The van der Waals surface area contributed by atoms with Gasteiger partial charge in [-0.05, 0) is 72.3 Å². The predicted octanol–water partition coefficient (Wildman–Crippen LogP) is 7.94. The molecule has 1 unspecified atom stereocenters. The summed E-state index contributed by atoms with van der Waals surface area (Å²) < 4.78 is 0. The van der Waals surface area contributed by atoms with Gasteiger partial charge in [-0.2, -0.15) is 0 Å². The van der Waals surface area contributed by atoms with Crippen molar-refractivity contribution < 1.29 is 9.59 Å². The molecular formula is C32H26N2O2S. The third kappa shape index (κ3) is 5.74. The number of thioether (sulfide) groups is 1. The third-order valence-corrected chi connectivity index (χ3v) is 7.09. The maximum absolute atomic E-state index is 13.6. The van der Waals surface area contributed by atoms with Gasteiger partial charge in [0.15, 0.2) is 0 Å². The molecule has 5 rings (SSSR count). The van der Waals surface area contributed by atoms with Gasteiger partial charge >= 0.3 is 0 Å². The lowest BCUT2D eigenvalue weighted by Gasteiger charge is -2.26. The van der Waals surface area contributed by atoms with E-state index in [9.17, 15) is 9.59 Å². The summed E-state index contributed by atoms with van der Waals surface area (Å²) in [5.74, 6) is -0.190. The first-order chi connectivity index (χ1) is 18.1. The van der Waals surface area contributed by atoms with E-state index >= 15 is 0 Å². The fourth-order valence-electron chi connectivity index (χ4n) is 4.18. The Kier molecular flexibility index (Phi) is 7.33. The molecule has 0 aliphatic carbocycles. The first-order valence-electron chi connectivity index (χ1n) is 12.1. The fraction of sp³-hybridized carbons (Fsp3) is 0.0625. The Morgan fingerprint density at radius 3 is 1.97 bits per heavy atom. The van der Waals surface area contributed by atoms with Crippen LogP contribution in [-0.4, -0.2) is 17.1 Å². The van der Waals surface area contributed by atoms with Gasteiger partial charge in [-0.3, -0.25) is 14.5 Å². The van der Waals surface area contributed by atoms with E-state index in [0.29, 0.717) is 11.3 Å². The van der Waals surface area contributed by atoms with Gasteiger partial charge in [-0.1, -0.05) is 72.8 Å². The van der Waals surface area contributed by atoms with Crippen LogP contribution in [0.2, 0.25) is 0 Å². The molecule has 37 heavy (non-hydrogen) atoms. The maximum atomic E-state index is 13.6. The summed E-state index contributed by atoms with van der Waals surface area (Å²) in [5, 5.41) is 4.75. The van der Waals surface area contributed by atoms with Gasteiger partial charge < -0.3 is 5.32 Å². The number of rotatable bonds is 7. The molecule has 0 heterocycles. The number of hydrogen-bond donors (Lipinski definition) is 1. The van der Waals surface area contributed by atoms with E-state index in [4.69, 9.17) is 0 Å². The number of carbonyl (C=O) groups excluding carboxylic acids is 2. The molecule has 0 aliphatic rings. The number of anilines is 3. The number of nitrogens with one attached hydrogen (secondary N) is 1. The fourth-order valence-corrected chi connectivity index (χ4v) is 5.14. The third-order valence-electron chi connectivity index (χ3n) is 6.01. The Morgan fingerprint density at radius 1 is 0.676 bits per heavy atom. The summed E-state index contributed by atoms with van der Waals surface area (Å²) in [6, 6.07) is 40.6. The molecule has 0 saturated carbocycles. The lowest BCUT2D eigenvalue weighted by Crippen LogP contribution is -2.32. The van der Waals surface area contributed by atoms with Crippen molar-refractivity contribution in [3.05, 3.63) is 133 Å². The van der Waals surface area contributed by atoms with E-state index in [1.165, 1.54) is 11.8 Å². The van der Waals surface area contributed by atoms with Crippen LogP contribution in [0.3, 0.4) is 0 Å². The first kappa shape index (κ1) is 24.3. The number of hydrogen-bond acceptors (Lipinski definition) is 3. The first-order valence-corrected chi connectivity index (χ1v) is 13.0. The van der Waals surface area contributed by atoms with Gasteiger partial charge in [0.2, 0.25) is 5.91 Å². The molecule has 4 nitrogen and oxygen atoms in total. The zero-order valence-corrected chi connectivity index (χ0v) is 21.2. The summed E-state index contributed by atoms with van der Waals surface area (Å²) in [6.45, 7) is 1.91. The van der Waals surface area contributed by atoms with Gasteiger partial charge in [0, 0.05) is 27.5 Å². The largest absolute Gasteiger partial charge is 0.322 e. The lowest BCUT2D eigenvalue weighted by atomic mass is 10.1. The predicted molar refractivity (Wildman–Crippen MR) is 154 cm³/mol. The minimum Gasteiger partial charge on any atom is -0.322 e. The minimum atomic E-state index is -0.355. The number of amides is 2. The highest BCUT2D eigenvalue weighted by Gasteiger charge is 2.24. The average Bonchev–Trinajstić information content (AvgIpc) is 2.94. The second kappa shape index (κ2) is 11.1. The summed E-state index contributed by atoms with van der Waals surface area (Å²) >= 11 is 1.47. The van der Waals surface area contributed by atoms with Crippen molar-refractivity contribution in [3.8, 4) is 0 Å². The van der Waals surface area contributed by atoms with Crippen LogP contribution in [0.4, 0.5) is 17.1 Å². The SMILES string of the molecule is CC(Sc1cccc(NC(=O)c2ccc3ccccc3c2)c1)C(=O)N(c1ccccc1)c1ccccc1. The molecule has 0 aliphatic heterocycles. The lowest BCUT2D eigenvalue weighted by molar-refractivity contribution is -0.117. The second-order valence-electron chi connectivity index (χ2n) is 8.65. The van der Waals surface area contributed by atoms with Crippen LogP contribution in [0.25, 0.3) is 10.8 Å². The molecule has 5 aromatic carbocycles. The van der Waals surface area contributed by atoms with E-state index in [0.717, 1.165) is 27.0 Å². The van der Waals surface area contributed by atoms with E-state index in [2.05, 4.69) is 5.32 Å². The Hall–Kier alpha value is -4.35. The Labute approximate surface area is 220 Å². The zero-order valence-electron chi connectivity index (χ0n) is 20.4. The maximum Gasteiger partial charge on any atom is 0.255 e. The molecule has 1 atom stereocenters. The highest BCUT2D eigenvalue weighted by molar-refractivity contribution is 8.00. The van der Waals surface area contributed by atoms with Gasteiger partial charge in [0.25, 0.3) is 5.91 Å². The molecule has 0 fully saturated rings. The Morgan fingerprint density at radius 2 is 1.30 bits per heavy atom. The number of carbonyl (C=O) groups is 2. The highest BCUT2D eigenvalue weighted by Crippen LogP contribution is 2.32. The van der Waals surface area contributed by atoms with Crippen LogP contribution >= 0.6 is 11.8 Å². The van der Waals surface area contributed by atoms with Crippen LogP contribution in [0, 0.1) is 0 Å². The van der Waals surface area contributed by atoms with E-state index < -0.39 is 0 Å². The Balaban J connectivity index is 1.32. The average molecular weight is 503 g/mol. The van der Waals surface area contributed by atoms with Gasteiger partial charge in [-0.25, -0.2) is 0 Å². The number of nitrogens with zero attached hydrogens (tertiary/aromatic N) is 1. The van der Waals surface area contributed by atoms with Gasteiger partial charge in [0.1, 0.15) is 0 Å². The molecule has 182 valence electrons. The molecule has 1 N–H and O–H groups in total. The van der Waals surface area contributed by atoms with Crippen LogP contribution in [0.15, 0.2) is 132 Å². The van der Waals surface area contributed by atoms with Gasteiger partial charge in [-0.15, -0.1) is 11.8 Å². The highest BCUT2D eigenvalue weighted by atomic mass is 32.2. The molecule has 0 aromatic heterocycles. The van der Waals surface area contributed by atoms with Crippen molar-refractivity contribution in [2.75, 3.05) is 10.2 Å². The smallest absolute Gasteiger partial charge is 0.255 e. The van der Waals surface area contributed by atoms with Crippen molar-refractivity contribution in [2.24, 2.45) is 0 Å². The molecule has 5 heteroatoms. The molecule has 5 aromatic rings. The van der Waals surface area contributed by atoms with Crippen LogP contribution in [-0.2, 0) is 4.79 Å². The monoisotopic (exact) mass is 502 g/mol.